The summed E-state index contributed by atoms with van der Waals surface area (Å²) >= 11 is 0. The number of aryl methyl sites for hydroxylation is 2. The number of imidazole rings is 2. The van der Waals surface area contributed by atoms with E-state index in [1.165, 1.54) is 46.4 Å². The first-order valence-corrected chi connectivity index (χ1v) is 12.7. The molecule has 1 saturated carbocycles. The monoisotopic (exact) mass is 468 g/mol. The second-order valence-corrected chi connectivity index (χ2v) is 10.0. The largest absolute Gasteiger partial charge is 0.327 e. The molecule has 0 aliphatic heterocycles. The minimum atomic E-state index is 0.569. The highest BCUT2D eigenvalue weighted by molar-refractivity contribution is 5.87. The molecule has 1 fully saturated rings. The van der Waals surface area contributed by atoms with Crippen LogP contribution in [0.1, 0.15) is 35.7 Å². The van der Waals surface area contributed by atoms with Crippen LogP contribution in [0.15, 0.2) is 91.0 Å². The predicted molar refractivity (Wildman–Crippen MR) is 147 cm³/mol. The Balaban J connectivity index is 1.33. The molecule has 4 nitrogen and oxygen atoms in total. The number of hydrogen-bond donors (Lipinski definition) is 0. The number of hydrogen-bond acceptors (Lipinski definition) is 2. The minimum Gasteiger partial charge on any atom is -0.327 e. The molecule has 6 aromatic rings. The maximum Gasteiger partial charge on any atom is 0.140 e. The van der Waals surface area contributed by atoms with Gasteiger partial charge in [0.15, 0.2) is 0 Å². The van der Waals surface area contributed by atoms with Gasteiger partial charge in [0, 0.05) is 25.1 Å². The van der Waals surface area contributed by atoms with Gasteiger partial charge in [-0.3, -0.25) is 0 Å². The van der Waals surface area contributed by atoms with Crippen molar-refractivity contribution in [2.75, 3.05) is 0 Å². The highest BCUT2D eigenvalue weighted by atomic mass is 15.1. The summed E-state index contributed by atoms with van der Waals surface area (Å²) in [7, 11) is 2.10. The topological polar surface area (TPSA) is 35.6 Å². The Kier molecular flexibility index (Phi) is 4.81. The molecule has 4 aromatic carbocycles. The van der Waals surface area contributed by atoms with Gasteiger partial charge in [-0.25, -0.2) is 9.97 Å². The molecule has 4 heteroatoms. The van der Waals surface area contributed by atoms with Crippen LogP contribution in [0.4, 0.5) is 0 Å². The average molecular weight is 469 g/mol. The highest BCUT2D eigenvalue weighted by Gasteiger charge is 2.30. The van der Waals surface area contributed by atoms with E-state index in [9.17, 15) is 0 Å². The Morgan fingerprint density at radius 2 is 1.47 bits per heavy atom. The SMILES string of the molecule is Cc1cc(-c2nc3ccccc3n2C)cc2c1nc(C1CC1)n2Cc1ccc(-c2ccccc2)cc1. The molecule has 36 heavy (non-hydrogen) atoms. The first kappa shape index (κ1) is 21.1. The van der Waals surface area contributed by atoms with E-state index in [4.69, 9.17) is 9.97 Å². The van der Waals surface area contributed by atoms with Crippen LogP contribution in [0, 0.1) is 6.92 Å². The number of rotatable bonds is 5. The number of nitrogens with zero attached hydrogens (tertiary/aromatic N) is 4. The van der Waals surface area contributed by atoms with Crippen molar-refractivity contribution in [1.82, 2.24) is 19.1 Å². The van der Waals surface area contributed by atoms with Crippen LogP contribution in [0.2, 0.25) is 0 Å². The smallest absolute Gasteiger partial charge is 0.140 e. The van der Waals surface area contributed by atoms with Gasteiger partial charge in [-0.15, -0.1) is 0 Å². The van der Waals surface area contributed by atoms with Gasteiger partial charge in [-0.2, -0.15) is 0 Å². The summed E-state index contributed by atoms with van der Waals surface area (Å²) in [6, 6.07) is 32.4. The van der Waals surface area contributed by atoms with Crippen LogP contribution < -0.4 is 0 Å². The van der Waals surface area contributed by atoms with Crippen LogP contribution in [0.25, 0.3) is 44.6 Å². The average Bonchev–Trinajstić information content (AvgIpc) is 3.62. The molecule has 2 heterocycles. The lowest BCUT2D eigenvalue weighted by Gasteiger charge is -2.11. The van der Waals surface area contributed by atoms with Crippen LogP contribution in [0.5, 0.6) is 0 Å². The number of aromatic nitrogens is 4. The summed E-state index contributed by atoms with van der Waals surface area (Å²) in [6.45, 7) is 3.00. The molecule has 1 aliphatic rings. The quantitative estimate of drug-likeness (QED) is 0.263. The van der Waals surface area contributed by atoms with Crippen molar-refractivity contribution in [1.29, 1.82) is 0 Å². The third kappa shape index (κ3) is 3.53. The van der Waals surface area contributed by atoms with Gasteiger partial charge < -0.3 is 9.13 Å². The summed E-state index contributed by atoms with van der Waals surface area (Å²) < 4.78 is 4.64. The molecule has 2 aromatic heterocycles. The Morgan fingerprint density at radius 1 is 0.750 bits per heavy atom. The summed E-state index contributed by atoms with van der Waals surface area (Å²) in [4.78, 5) is 10.1. The summed E-state index contributed by atoms with van der Waals surface area (Å²) in [5.74, 6) is 2.79. The van der Waals surface area contributed by atoms with E-state index in [-0.39, 0.29) is 0 Å². The normalized spacial score (nSPS) is 13.6. The lowest BCUT2D eigenvalue weighted by atomic mass is 10.0. The fraction of sp³-hybridized carbons (Fsp3) is 0.188. The molecule has 7 rings (SSSR count). The molecule has 1 aliphatic carbocycles. The van der Waals surface area contributed by atoms with Crippen molar-refractivity contribution >= 4 is 22.1 Å². The molecule has 0 N–H and O–H groups in total. The van der Waals surface area contributed by atoms with Gasteiger partial charge in [0.05, 0.1) is 22.1 Å². The van der Waals surface area contributed by atoms with E-state index in [0.29, 0.717) is 5.92 Å². The summed E-state index contributed by atoms with van der Waals surface area (Å²) in [6.07, 6.45) is 2.46. The van der Waals surface area contributed by atoms with Crippen molar-refractivity contribution < 1.29 is 0 Å². The molecule has 0 bridgehead atoms. The van der Waals surface area contributed by atoms with E-state index in [0.717, 1.165) is 34.5 Å². The van der Waals surface area contributed by atoms with Gasteiger partial charge in [0.1, 0.15) is 11.6 Å². The molecule has 0 unspecified atom stereocenters. The molecule has 0 spiro atoms. The van der Waals surface area contributed by atoms with Gasteiger partial charge in [0.2, 0.25) is 0 Å². The fourth-order valence-electron chi connectivity index (χ4n) is 5.38. The van der Waals surface area contributed by atoms with Crippen LogP contribution in [-0.4, -0.2) is 19.1 Å². The molecule has 0 atom stereocenters. The predicted octanol–water partition coefficient (Wildman–Crippen LogP) is 7.49. The van der Waals surface area contributed by atoms with Gasteiger partial charge >= 0.3 is 0 Å². The molecule has 0 radical (unpaired) electrons. The van der Waals surface area contributed by atoms with Crippen LogP contribution >= 0.6 is 0 Å². The molecule has 0 amide bonds. The third-order valence-electron chi connectivity index (χ3n) is 7.46. The minimum absolute atomic E-state index is 0.569. The summed E-state index contributed by atoms with van der Waals surface area (Å²) in [5, 5.41) is 0. The van der Waals surface area contributed by atoms with Gasteiger partial charge in [-0.1, -0.05) is 66.7 Å². The number of fused-ring (bicyclic) bond motifs is 2. The Labute approximate surface area is 210 Å². The van der Waals surface area contributed by atoms with Crippen molar-refractivity contribution in [2.45, 2.75) is 32.2 Å². The van der Waals surface area contributed by atoms with Crippen molar-refractivity contribution in [3.05, 3.63) is 108 Å². The first-order valence-electron chi connectivity index (χ1n) is 12.7. The molecule has 176 valence electrons. The number of para-hydroxylation sites is 2. The maximum absolute atomic E-state index is 5.17. The summed E-state index contributed by atoms with van der Waals surface area (Å²) in [5.41, 5.74) is 10.6. The van der Waals surface area contributed by atoms with E-state index in [1.807, 2.05) is 6.07 Å². The van der Waals surface area contributed by atoms with Crippen molar-refractivity contribution in [3.63, 3.8) is 0 Å². The third-order valence-corrected chi connectivity index (χ3v) is 7.46. The number of benzene rings is 4. The van der Waals surface area contributed by atoms with Crippen LogP contribution in [-0.2, 0) is 13.6 Å². The second-order valence-electron chi connectivity index (χ2n) is 10.0. The van der Waals surface area contributed by atoms with E-state index in [1.54, 1.807) is 0 Å². The zero-order valence-electron chi connectivity index (χ0n) is 20.6. The Morgan fingerprint density at radius 3 is 2.22 bits per heavy atom. The highest BCUT2D eigenvalue weighted by Crippen LogP contribution is 2.42. The van der Waals surface area contributed by atoms with E-state index >= 15 is 0 Å². The Bertz CT molecular complexity index is 1720. The first-order chi connectivity index (χ1) is 17.7. The van der Waals surface area contributed by atoms with Gasteiger partial charge in [0.25, 0.3) is 0 Å². The molecule has 0 saturated heterocycles. The van der Waals surface area contributed by atoms with Crippen molar-refractivity contribution in [3.8, 4) is 22.5 Å². The lowest BCUT2D eigenvalue weighted by molar-refractivity contribution is 0.747. The fourth-order valence-corrected chi connectivity index (χ4v) is 5.38. The lowest BCUT2D eigenvalue weighted by Crippen LogP contribution is -2.04. The zero-order valence-corrected chi connectivity index (χ0v) is 20.6. The van der Waals surface area contributed by atoms with Gasteiger partial charge in [-0.05, 0) is 66.3 Å². The van der Waals surface area contributed by atoms with E-state index in [2.05, 4.69) is 108 Å². The van der Waals surface area contributed by atoms with E-state index < -0.39 is 0 Å². The molecular formula is C32H28N4. The van der Waals surface area contributed by atoms with Crippen LogP contribution in [0.3, 0.4) is 0 Å². The zero-order chi connectivity index (χ0) is 24.2. The molecular weight excluding hydrogens is 440 g/mol. The maximum atomic E-state index is 5.17. The second kappa shape index (κ2) is 8.20. The Hall–Kier alpha value is -4.18. The standard InChI is InChI=1S/C32H28N4/c1-21-18-26(31-33-27-10-6-7-11-28(27)35(31)2)19-29-30(21)34-32(25-16-17-25)36(29)20-22-12-14-24(15-13-22)23-8-4-3-5-9-23/h3-15,18-19,25H,16-17,20H2,1-2H3. The van der Waals surface area contributed by atoms with Crippen molar-refractivity contribution in [2.24, 2.45) is 7.05 Å².